The minimum atomic E-state index is -2.16. The molecule has 6 nitrogen and oxygen atoms in total. The molecule has 0 heterocycles. The van der Waals surface area contributed by atoms with Gasteiger partial charge in [0.2, 0.25) is 8.32 Å². The lowest BCUT2D eigenvalue weighted by Gasteiger charge is -2.51. The van der Waals surface area contributed by atoms with Crippen LogP contribution < -0.4 is 0 Å². The highest BCUT2D eigenvalue weighted by molar-refractivity contribution is 6.82. The molecule has 0 spiro atoms. The molecule has 0 bridgehead atoms. The zero-order chi connectivity index (χ0) is 26.0. The first-order chi connectivity index (χ1) is 14.9. The summed E-state index contributed by atoms with van der Waals surface area (Å²) in [5.41, 5.74) is 0. The minimum Gasteiger partial charge on any atom is -0.432 e. The SMILES string of the molecule is C=COC(=O)OCCOCCC[Si](C)(C)OC(C)(C)[Si](C)(C)OC(C)(C)[Si](C)(C)CCCC. The van der Waals surface area contributed by atoms with Gasteiger partial charge in [0.05, 0.1) is 26.2 Å². The fourth-order valence-corrected chi connectivity index (χ4v) is 13.2. The zero-order valence-corrected chi connectivity index (χ0v) is 26.4. The summed E-state index contributed by atoms with van der Waals surface area (Å²) in [5, 5.41) is -0.367. The van der Waals surface area contributed by atoms with E-state index in [0.717, 1.165) is 18.7 Å². The van der Waals surface area contributed by atoms with Crippen LogP contribution in [0.15, 0.2) is 12.8 Å². The first-order valence-electron chi connectivity index (χ1n) is 12.4. The Morgan fingerprint density at radius 1 is 0.848 bits per heavy atom. The summed E-state index contributed by atoms with van der Waals surface area (Å²) in [4.78, 5) is 11.1. The molecule has 0 aromatic carbocycles. The van der Waals surface area contributed by atoms with Gasteiger partial charge in [-0.2, -0.15) is 0 Å². The van der Waals surface area contributed by atoms with Gasteiger partial charge in [-0.15, -0.1) is 0 Å². The highest BCUT2D eigenvalue weighted by Gasteiger charge is 2.51. The lowest BCUT2D eigenvalue weighted by Crippen LogP contribution is -2.65. The van der Waals surface area contributed by atoms with E-state index < -0.39 is 30.9 Å². The molecule has 0 atom stereocenters. The van der Waals surface area contributed by atoms with Gasteiger partial charge in [-0.05, 0) is 66.3 Å². The standard InChI is InChI=1S/C24H52O6Si3/c1-13-15-20-31(7,8)23(3,4)30-33(11,12)24(5,6)29-32(9,10)21-16-17-26-18-19-28-22(25)27-14-2/h14H,2,13,15-21H2,1,3-12H3. The number of ether oxygens (including phenoxy) is 3. The van der Waals surface area contributed by atoms with Crippen molar-refractivity contribution >= 4 is 30.9 Å². The van der Waals surface area contributed by atoms with Crippen molar-refractivity contribution in [2.75, 3.05) is 19.8 Å². The fourth-order valence-electron chi connectivity index (χ4n) is 3.67. The summed E-state index contributed by atoms with van der Waals surface area (Å²) in [6.07, 6.45) is 3.72. The van der Waals surface area contributed by atoms with Crippen LogP contribution in [0.5, 0.6) is 0 Å². The van der Waals surface area contributed by atoms with Crippen molar-refractivity contribution in [2.45, 2.75) is 116 Å². The Kier molecular flexibility index (Phi) is 13.4. The third kappa shape index (κ3) is 11.7. The topological polar surface area (TPSA) is 63.2 Å². The van der Waals surface area contributed by atoms with E-state index in [1.165, 1.54) is 18.9 Å². The fraction of sp³-hybridized carbons (Fsp3) is 0.875. The van der Waals surface area contributed by atoms with Gasteiger partial charge in [-0.3, -0.25) is 0 Å². The highest BCUT2D eigenvalue weighted by Crippen LogP contribution is 2.38. The van der Waals surface area contributed by atoms with Crippen LogP contribution in [0.1, 0.15) is 53.9 Å². The van der Waals surface area contributed by atoms with Crippen molar-refractivity contribution < 1.29 is 27.9 Å². The number of hydrogen-bond donors (Lipinski definition) is 0. The molecular formula is C24H52O6Si3. The van der Waals surface area contributed by atoms with Crippen LogP contribution >= 0.6 is 0 Å². The van der Waals surface area contributed by atoms with Crippen LogP contribution in [0.2, 0.25) is 51.4 Å². The predicted octanol–water partition coefficient (Wildman–Crippen LogP) is 7.28. The van der Waals surface area contributed by atoms with E-state index in [-0.39, 0.29) is 17.1 Å². The molecule has 0 fully saturated rings. The Labute approximate surface area is 207 Å². The second kappa shape index (κ2) is 13.6. The first kappa shape index (κ1) is 32.5. The second-order valence-corrected chi connectivity index (χ2v) is 25.7. The molecule has 196 valence electrons. The Hall–Kier alpha value is -0.459. The molecule has 0 rings (SSSR count). The van der Waals surface area contributed by atoms with E-state index in [0.29, 0.717) is 13.2 Å². The van der Waals surface area contributed by atoms with Crippen LogP contribution in [0, 0.1) is 0 Å². The van der Waals surface area contributed by atoms with Gasteiger partial charge in [0.1, 0.15) is 6.61 Å². The smallest absolute Gasteiger partial charge is 0.432 e. The van der Waals surface area contributed by atoms with Crippen LogP contribution in [-0.2, 0) is 23.1 Å². The lowest BCUT2D eigenvalue weighted by molar-refractivity contribution is 0.0442. The van der Waals surface area contributed by atoms with E-state index in [1.54, 1.807) is 0 Å². The number of unbranched alkanes of at least 4 members (excludes halogenated alkanes) is 1. The molecule has 0 aromatic rings. The molecule has 9 heteroatoms. The normalized spacial score (nSPS) is 13.7. The summed E-state index contributed by atoms with van der Waals surface area (Å²) >= 11 is 0. The van der Waals surface area contributed by atoms with Gasteiger partial charge in [-0.25, -0.2) is 4.79 Å². The van der Waals surface area contributed by atoms with E-state index in [9.17, 15) is 4.79 Å². The van der Waals surface area contributed by atoms with E-state index >= 15 is 0 Å². The van der Waals surface area contributed by atoms with Crippen molar-refractivity contribution in [3.05, 3.63) is 12.8 Å². The third-order valence-electron chi connectivity index (χ3n) is 6.97. The van der Waals surface area contributed by atoms with Crippen LogP contribution in [0.25, 0.3) is 0 Å². The zero-order valence-electron chi connectivity index (χ0n) is 23.4. The predicted molar refractivity (Wildman–Crippen MR) is 145 cm³/mol. The van der Waals surface area contributed by atoms with Gasteiger partial charge < -0.3 is 23.1 Å². The summed E-state index contributed by atoms with van der Waals surface area (Å²) in [6.45, 7) is 29.9. The molecule has 0 radical (unpaired) electrons. The van der Waals surface area contributed by atoms with Crippen molar-refractivity contribution in [1.29, 1.82) is 0 Å². The van der Waals surface area contributed by atoms with Crippen molar-refractivity contribution in [2.24, 2.45) is 0 Å². The van der Waals surface area contributed by atoms with Gasteiger partial charge in [-0.1, -0.05) is 45.5 Å². The van der Waals surface area contributed by atoms with Crippen molar-refractivity contribution in [3.8, 4) is 0 Å². The molecule has 0 aliphatic heterocycles. The molecule has 0 amide bonds. The lowest BCUT2D eigenvalue weighted by atomic mass is 10.4. The number of hydrogen-bond acceptors (Lipinski definition) is 6. The van der Waals surface area contributed by atoms with E-state index in [1.807, 2.05) is 0 Å². The molecule has 33 heavy (non-hydrogen) atoms. The summed E-state index contributed by atoms with van der Waals surface area (Å²) < 4.78 is 28.8. The summed E-state index contributed by atoms with van der Waals surface area (Å²) in [5.74, 6) is 0. The second-order valence-electron chi connectivity index (χ2n) is 11.6. The average molecular weight is 521 g/mol. The molecule has 0 aliphatic rings. The van der Waals surface area contributed by atoms with Crippen molar-refractivity contribution in [3.63, 3.8) is 0 Å². The maximum Gasteiger partial charge on any atom is 0.513 e. The molecule has 0 saturated carbocycles. The average Bonchev–Trinajstić information content (AvgIpc) is 2.63. The largest absolute Gasteiger partial charge is 0.513 e. The Morgan fingerprint density at radius 2 is 1.45 bits per heavy atom. The van der Waals surface area contributed by atoms with Gasteiger partial charge >= 0.3 is 6.16 Å². The van der Waals surface area contributed by atoms with Gasteiger partial charge in [0, 0.05) is 11.8 Å². The molecular weight excluding hydrogens is 469 g/mol. The summed E-state index contributed by atoms with van der Waals surface area (Å²) in [7, 11) is -5.62. The van der Waals surface area contributed by atoms with Crippen LogP contribution in [-0.4, -0.2) is 61.1 Å². The monoisotopic (exact) mass is 520 g/mol. The minimum absolute atomic E-state index is 0.0851. The van der Waals surface area contributed by atoms with Crippen LogP contribution in [0.4, 0.5) is 4.79 Å². The van der Waals surface area contributed by atoms with E-state index in [2.05, 4.69) is 85.2 Å². The third-order valence-corrected chi connectivity index (χ3v) is 19.0. The number of carbonyl (C=O) groups is 1. The molecule has 0 N–H and O–H groups in total. The highest BCUT2D eigenvalue weighted by atomic mass is 28.4. The Morgan fingerprint density at radius 3 is 2.00 bits per heavy atom. The number of rotatable bonds is 17. The first-order valence-corrected chi connectivity index (χ1v) is 21.6. The van der Waals surface area contributed by atoms with E-state index in [4.69, 9.17) is 18.3 Å². The summed E-state index contributed by atoms with van der Waals surface area (Å²) in [6, 6.07) is 2.30. The molecule has 0 saturated heterocycles. The molecule has 0 unspecified atom stereocenters. The van der Waals surface area contributed by atoms with Gasteiger partial charge in [0.25, 0.3) is 0 Å². The van der Waals surface area contributed by atoms with Crippen molar-refractivity contribution in [1.82, 2.24) is 0 Å². The maximum atomic E-state index is 11.1. The number of carbonyl (C=O) groups excluding carboxylic acids is 1. The maximum absolute atomic E-state index is 11.1. The molecule has 0 aliphatic carbocycles. The Bertz CT molecular complexity index is 603. The quantitative estimate of drug-likeness (QED) is 0.0869. The molecule has 0 aromatic heterocycles. The van der Waals surface area contributed by atoms with Gasteiger partial charge in [0.15, 0.2) is 8.32 Å². The van der Waals surface area contributed by atoms with Crippen LogP contribution in [0.3, 0.4) is 0 Å². The Balaban J connectivity index is 4.74.